The number of aromatic nitrogens is 2. The molecule has 1 aliphatic heterocycles. The minimum absolute atomic E-state index is 0.179. The number of likely N-dealkylation sites (tertiary alicyclic amines) is 1. The maximum atomic E-state index is 13.7. The molecule has 128 valence electrons. The highest BCUT2D eigenvalue weighted by molar-refractivity contribution is 5.78. The third-order valence-corrected chi connectivity index (χ3v) is 4.22. The molecule has 1 aromatic heterocycles. The number of rotatable bonds is 5. The Bertz CT molecular complexity index is 740. The van der Waals surface area contributed by atoms with E-state index in [1.165, 1.54) is 12.1 Å². The summed E-state index contributed by atoms with van der Waals surface area (Å²) >= 11 is 0. The van der Waals surface area contributed by atoms with Gasteiger partial charge in [0.1, 0.15) is 11.6 Å². The van der Waals surface area contributed by atoms with E-state index in [1.807, 2.05) is 28.9 Å². The fourth-order valence-corrected chi connectivity index (χ4v) is 2.89. The summed E-state index contributed by atoms with van der Waals surface area (Å²) in [6, 6.07) is 3.15. The number of nitrogens with one attached hydrogen (secondary N) is 1. The van der Waals surface area contributed by atoms with Crippen LogP contribution in [-0.4, -0.2) is 40.2 Å². The molecule has 24 heavy (non-hydrogen) atoms. The molecule has 1 amide bonds. The van der Waals surface area contributed by atoms with Crippen LogP contribution < -0.4 is 5.32 Å². The number of carbonyl (C=O) groups excluding carboxylic acids is 1. The molecule has 1 saturated heterocycles. The molecule has 0 saturated carbocycles. The van der Waals surface area contributed by atoms with Crippen LogP contribution in [0.25, 0.3) is 0 Å². The summed E-state index contributed by atoms with van der Waals surface area (Å²) in [6.07, 6.45) is 3.80. The number of hydrogen-bond donors (Lipinski definition) is 1. The maximum absolute atomic E-state index is 13.7. The van der Waals surface area contributed by atoms with Crippen molar-refractivity contribution >= 4 is 5.91 Å². The third-order valence-electron chi connectivity index (χ3n) is 4.22. The Kier molecular flexibility index (Phi) is 4.62. The standard InChI is InChI=1S/C17H20F2N4O/c1-11-6-20-23(7-11)14-8-22(9-14)10-17(24)21-12(2)15-4-3-13(18)5-16(15)19/h3-7,12,14H,8-10H2,1-2H3,(H,21,24)/t12-/m0/s1. The fraction of sp³-hybridized carbons (Fsp3) is 0.412. The summed E-state index contributed by atoms with van der Waals surface area (Å²) in [4.78, 5) is 14.1. The number of benzene rings is 1. The second kappa shape index (κ2) is 6.68. The van der Waals surface area contributed by atoms with E-state index in [1.54, 1.807) is 6.92 Å². The lowest BCUT2D eigenvalue weighted by Crippen LogP contribution is -2.51. The number of nitrogens with zero attached hydrogens (tertiary/aromatic N) is 3. The van der Waals surface area contributed by atoms with Crippen molar-refractivity contribution in [2.24, 2.45) is 0 Å². The van der Waals surface area contributed by atoms with Gasteiger partial charge in [-0.2, -0.15) is 5.10 Å². The monoisotopic (exact) mass is 334 g/mol. The van der Waals surface area contributed by atoms with E-state index >= 15 is 0 Å². The van der Waals surface area contributed by atoms with Gasteiger partial charge < -0.3 is 5.32 Å². The summed E-state index contributed by atoms with van der Waals surface area (Å²) in [5.74, 6) is -1.46. The zero-order valence-electron chi connectivity index (χ0n) is 13.7. The van der Waals surface area contributed by atoms with Gasteiger partial charge in [0.2, 0.25) is 5.91 Å². The average Bonchev–Trinajstić information content (AvgIpc) is 2.88. The van der Waals surface area contributed by atoms with Crippen molar-refractivity contribution in [1.82, 2.24) is 20.0 Å². The van der Waals surface area contributed by atoms with Gasteiger partial charge in [-0.15, -0.1) is 0 Å². The van der Waals surface area contributed by atoms with Crippen LogP contribution in [0.1, 0.15) is 30.1 Å². The van der Waals surface area contributed by atoms with Gasteiger partial charge in [-0.25, -0.2) is 8.78 Å². The molecule has 2 heterocycles. The first-order valence-corrected chi connectivity index (χ1v) is 7.90. The van der Waals surface area contributed by atoms with Crippen molar-refractivity contribution in [1.29, 1.82) is 0 Å². The first-order valence-electron chi connectivity index (χ1n) is 7.90. The first kappa shape index (κ1) is 16.6. The molecular formula is C17H20F2N4O. The maximum Gasteiger partial charge on any atom is 0.234 e. The molecule has 3 rings (SSSR count). The molecule has 0 bridgehead atoms. The van der Waals surface area contributed by atoms with E-state index < -0.39 is 17.7 Å². The van der Waals surface area contributed by atoms with Crippen LogP contribution in [-0.2, 0) is 4.79 Å². The van der Waals surface area contributed by atoms with Gasteiger partial charge in [0.15, 0.2) is 0 Å². The molecule has 1 aliphatic rings. The molecule has 7 heteroatoms. The average molecular weight is 334 g/mol. The highest BCUT2D eigenvalue weighted by Gasteiger charge is 2.30. The summed E-state index contributed by atoms with van der Waals surface area (Å²) in [6.45, 7) is 5.44. The molecular weight excluding hydrogens is 314 g/mol. The van der Waals surface area contributed by atoms with Crippen molar-refractivity contribution in [3.05, 3.63) is 53.4 Å². The zero-order valence-corrected chi connectivity index (χ0v) is 13.7. The van der Waals surface area contributed by atoms with E-state index in [0.717, 1.165) is 24.7 Å². The van der Waals surface area contributed by atoms with Crippen LogP contribution in [0, 0.1) is 18.6 Å². The quantitative estimate of drug-likeness (QED) is 0.912. The number of halogens is 2. The predicted octanol–water partition coefficient (Wildman–Crippen LogP) is 2.20. The number of amides is 1. The van der Waals surface area contributed by atoms with Gasteiger partial charge >= 0.3 is 0 Å². The normalized spacial score (nSPS) is 16.7. The second-order valence-electron chi connectivity index (χ2n) is 6.30. The molecule has 1 N–H and O–H groups in total. The molecule has 1 fully saturated rings. The molecule has 0 aliphatic carbocycles. The first-order chi connectivity index (χ1) is 11.4. The van der Waals surface area contributed by atoms with Crippen LogP contribution in [0.15, 0.2) is 30.6 Å². The predicted molar refractivity (Wildman–Crippen MR) is 85.4 cm³/mol. The highest BCUT2D eigenvalue weighted by Crippen LogP contribution is 2.21. The lowest BCUT2D eigenvalue weighted by atomic mass is 10.1. The minimum atomic E-state index is -0.652. The third kappa shape index (κ3) is 3.62. The molecule has 0 radical (unpaired) electrons. The van der Waals surface area contributed by atoms with Crippen molar-refractivity contribution < 1.29 is 13.6 Å². The Morgan fingerprint density at radius 2 is 2.17 bits per heavy atom. The van der Waals surface area contributed by atoms with Gasteiger partial charge in [-0.3, -0.25) is 14.4 Å². The molecule has 1 aromatic carbocycles. The number of carbonyl (C=O) groups is 1. The van der Waals surface area contributed by atoms with Gasteiger partial charge in [0, 0.05) is 30.9 Å². The topological polar surface area (TPSA) is 50.2 Å². The van der Waals surface area contributed by atoms with Crippen LogP contribution in [0.4, 0.5) is 8.78 Å². The minimum Gasteiger partial charge on any atom is -0.348 e. The highest BCUT2D eigenvalue weighted by atomic mass is 19.1. The number of hydrogen-bond acceptors (Lipinski definition) is 3. The second-order valence-corrected chi connectivity index (χ2v) is 6.30. The summed E-state index contributed by atoms with van der Waals surface area (Å²) < 4.78 is 28.6. The Morgan fingerprint density at radius 3 is 2.79 bits per heavy atom. The molecule has 0 unspecified atom stereocenters. The zero-order chi connectivity index (χ0) is 17.3. The van der Waals surface area contributed by atoms with Crippen LogP contribution in [0.5, 0.6) is 0 Å². The van der Waals surface area contributed by atoms with Crippen molar-refractivity contribution in [2.45, 2.75) is 25.9 Å². The van der Waals surface area contributed by atoms with Crippen LogP contribution in [0.3, 0.4) is 0 Å². The van der Waals surface area contributed by atoms with Gasteiger partial charge in [-0.05, 0) is 25.5 Å². The van der Waals surface area contributed by atoms with E-state index in [2.05, 4.69) is 10.4 Å². The smallest absolute Gasteiger partial charge is 0.234 e. The number of aryl methyl sites for hydroxylation is 1. The van der Waals surface area contributed by atoms with Crippen molar-refractivity contribution in [2.75, 3.05) is 19.6 Å². The van der Waals surface area contributed by atoms with Crippen LogP contribution >= 0.6 is 0 Å². The van der Waals surface area contributed by atoms with Crippen molar-refractivity contribution in [3.8, 4) is 0 Å². The molecule has 2 aromatic rings. The molecule has 5 nitrogen and oxygen atoms in total. The van der Waals surface area contributed by atoms with Crippen LogP contribution in [0.2, 0.25) is 0 Å². The van der Waals surface area contributed by atoms with Crippen molar-refractivity contribution in [3.63, 3.8) is 0 Å². The van der Waals surface area contributed by atoms with Gasteiger partial charge in [0.05, 0.1) is 24.8 Å². The summed E-state index contributed by atoms with van der Waals surface area (Å²) in [5, 5.41) is 7.02. The Labute approximate surface area is 139 Å². The lowest BCUT2D eigenvalue weighted by molar-refractivity contribution is -0.124. The van der Waals surface area contributed by atoms with E-state index in [0.29, 0.717) is 6.04 Å². The Hall–Kier alpha value is -2.28. The van der Waals surface area contributed by atoms with Gasteiger partial charge in [0.25, 0.3) is 0 Å². The van der Waals surface area contributed by atoms with E-state index in [9.17, 15) is 13.6 Å². The fourth-order valence-electron chi connectivity index (χ4n) is 2.89. The SMILES string of the molecule is Cc1cnn(C2CN(CC(=O)N[C@@H](C)c3ccc(F)cc3F)C2)c1. The molecule has 0 spiro atoms. The van der Waals surface area contributed by atoms with E-state index in [4.69, 9.17) is 0 Å². The lowest BCUT2D eigenvalue weighted by Gasteiger charge is -2.38. The van der Waals surface area contributed by atoms with Gasteiger partial charge in [-0.1, -0.05) is 6.07 Å². The summed E-state index contributed by atoms with van der Waals surface area (Å²) in [5.41, 5.74) is 1.39. The van der Waals surface area contributed by atoms with E-state index in [-0.39, 0.29) is 18.0 Å². The Morgan fingerprint density at radius 1 is 1.42 bits per heavy atom. The Balaban J connectivity index is 1.48. The largest absolute Gasteiger partial charge is 0.348 e. The summed E-state index contributed by atoms with van der Waals surface area (Å²) in [7, 11) is 0. The molecule has 1 atom stereocenters.